The van der Waals surface area contributed by atoms with Crippen LogP contribution in [0.3, 0.4) is 0 Å². The van der Waals surface area contributed by atoms with Crippen molar-refractivity contribution in [3.63, 3.8) is 0 Å². The molecule has 0 radical (unpaired) electrons. The van der Waals surface area contributed by atoms with Crippen molar-refractivity contribution in [3.05, 3.63) is 83.6 Å². The summed E-state index contributed by atoms with van der Waals surface area (Å²) in [5, 5.41) is 27.5. The number of nitrogens with zero attached hydrogens (tertiary/aromatic N) is 3. The van der Waals surface area contributed by atoms with Gasteiger partial charge in [-0.1, -0.05) is 109 Å². The molecule has 5 rings (SSSR count). The first-order valence-corrected chi connectivity index (χ1v) is 25.9. The third-order valence-electron chi connectivity index (χ3n) is 14.3. The Morgan fingerprint density at radius 1 is 0.703 bits per heavy atom. The van der Waals surface area contributed by atoms with Gasteiger partial charge in [0.15, 0.2) is 0 Å². The molecule has 2 aliphatic heterocycles. The monoisotopic (exact) mass is 1030 g/mol. The number of methoxy groups -OCH3 is 1. The van der Waals surface area contributed by atoms with E-state index in [-0.39, 0.29) is 30.8 Å². The lowest BCUT2D eigenvalue weighted by Gasteiger charge is -2.36. The van der Waals surface area contributed by atoms with E-state index in [4.69, 9.17) is 9.47 Å². The van der Waals surface area contributed by atoms with E-state index in [2.05, 4.69) is 26.6 Å². The van der Waals surface area contributed by atoms with Crippen LogP contribution < -0.4 is 26.6 Å². The summed E-state index contributed by atoms with van der Waals surface area (Å²) in [4.78, 5) is 106. The number of likely N-dealkylation sites (N-methyl/N-ethyl adjacent to an activating group) is 2. The topological polar surface area (TPSA) is 233 Å². The first-order valence-electron chi connectivity index (χ1n) is 25.9. The minimum absolute atomic E-state index is 0.102. The molecule has 74 heavy (non-hydrogen) atoms. The van der Waals surface area contributed by atoms with E-state index in [1.807, 2.05) is 84.2 Å². The first-order chi connectivity index (χ1) is 34.7. The molecule has 18 nitrogen and oxygen atoms in total. The number of amides is 7. The minimum atomic E-state index is -1.74. The van der Waals surface area contributed by atoms with Crippen LogP contribution in [0.2, 0.25) is 0 Å². The maximum absolute atomic E-state index is 15.4. The van der Waals surface area contributed by atoms with Crippen LogP contribution >= 0.6 is 0 Å². The second-order valence-corrected chi connectivity index (χ2v) is 22.2. The van der Waals surface area contributed by atoms with E-state index in [0.717, 1.165) is 11.1 Å². The van der Waals surface area contributed by atoms with Crippen molar-refractivity contribution in [2.45, 2.75) is 162 Å². The number of benzene rings is 2. The summed E-state index contributed by atoms with van der Waals surface area (Å²) in [6.45, 7) is 22.4. The molecule has 6 N–H and O–H groups in total. The number of hydrogen-bond donors (Lipinski definition) is 6. The number of hydrogen-bond acceptors (Lipinski definition) is 10. The Morgan fingerprint density at radius 2 is 1.19 bits per heavy atom. The highest BCUT2D eigenvalue weighted by molar-refractivity contribution is 5.99. The van der Waals surface area contributed by atoms with Crippen LogP contribution in [0, 0.1) is 23.7 Å². The molecule has 0 aliphatic carbocycles. The van der Waals surface area contributed by atoms with Gasteiger partial charge in [0.1, 0.15) is 60.6 Å². The van der Waals surface area contributed by atoms with Gasteiger partial charge in [-0.25, -0.2) is 0 Å². The molecule has 0 bridgehead atoms. The fraction of sp³-hybridized carbons (Fsp3) is 0.589. The van der Waals surface area contributed by atoms with Gasteiger partial charge in [-0.3, -0.25) is 33.6 Å². The standard InChI is InChI=1S/C56H82N8O10/c1-30(2)25-34(9)44-52(69)60-45(47(65)38-28-64(56(11,12)42-29-74-42)39-24-20-19-23-37(38)39)55(72)63(14)40(26-31(3)4)50(67)57-35(10)49(66)61-46(48(73-15)36-21-17-16-18-22-36)53(70)58-43(33(7)8)54(71)62(13)41(27-32(5)6)51(68)59-44/h16-25,28,31-35,40-48,65H,26-27,29H2,1-15H3,(H,57,67)(H,58,70)(H,59,68)(H,60,69)(H,61,66)/t34-,35+,40+,41+,42+,43+,44?,45+,46?,47-,48-/m1/s1. The highest BCUT2D eigenvalue weighted by atomic mass is 16.6. The van der Waals surface area contributed by atoms with Crippen molar-refractivity contribution in [2.75, 3.05) is 27.8 Å². The normalized spacial score (nSPS) is 25.7. The molecule has 406 valence electrons. The quantitative estimate of drug-likeness (QED) is 0.0966. The van der Waals surface area contributed by atoms with Gasteiger partial charge in [0, 0.05) is 49.8 Å². The first kappa shape index (κ1) is 58.8. The highest BCUT2D eigenvalue weighted by Crippen LogP contribution is 2.38. The number of carbonyl (C=O) groups is 7. The molecule has 0 saturated carbocycles. The summed E-state index contributed by atoms with van der Waals surface area (Å²) < 4.78 is 13.6. The van der Waals surface area contributed by atoms with E-state index in [9.17, 15) is 29.1 Å². The lowest BCUT2D eigenvalue weighted by Crippen LogP contribution is -2.62. The third kappa shape index (κ3) is 13.8. The Morgan fingerprint density at radius 3 is 1.72 bits per heavy atom. The van der Waals surface area contributed by atoms with E-state index >= 15 is 9.59 Å². The van der Waals surface area contributed by atoms with Crippen LogP contribution in [-0.4, -0.2) is 137 Å². The fourth-order valence-electron chi connectivity index (χ4n) is 9.85. The fourth-order valence-corrected chi connectivity index (χ4v) is 9.85. The predicted molar refractivity (Wildman–Crippen MR) is 283 cm³/mol. The molecule has 11 atom stereocenters. The van der Waals surface area contributed by atoms with Crippen molar-refractivity contribution in [1.82, 2.24) is 41.0 Å². The minimum Gasteiger partial charge on any atom is -0.386 e. The van der Waals surface area contributed by atoms with Crippen LogP contribution in [-0.2, 0) is 48.6 Å². The van der Waals surface area contributed by atoms with Crippen molar-refractivity contribution in [3.8, 4) is 0 Å². The van der Waals surface area contributed by atoms with Crippen LogP contribution in [0.25, 0.3) is 10.9 Å². The highest BCUT2D eigenvalue weighted by Gasteiger charge is 2.45. The Kier molecular flexibility index (Phi) is 19.8. The van der Waals surface area contributed by atoms with Crippen LogP contribution in [0.5, 0.6) is 0 Å². The maximum atomic E-state index is 15.4. The number of fused-ring (bicyclic) bond motifs is 1. The van der Waals surface area contributed by atoms with E-state index in [0.29, 0.717) is 23.1 Å². The largest absolute Gasteiger partial charge is 0.386 e. The number of aliphatic hydroxyl groups excluding tert-OH is 1. The summed E-state index contributed by atoms with van der Waals surface area (Å²) in [7, 11) is 4.26. The van der Waals surface area contributed by atoms with Crippen molar-refractivity contribution in [1.29, 1.82) is 0 Å². The molecule has 2 aliphatic rings. The Bertz CT molecular complexity index is 2510. The Labute approximate surface area is 437 Å². The van der Waals surface area contributed by atoms with Crippen molar-refractivity contribution >= 4 is 52.3 Å². The molecule has 18 heteroatoms. The number of allylic oxidation sites excluding steroid dienone is 1. The van der Waals surface area contributed by atoms with Crippen molar-refractivity contribution < 1.29 is 48.1 Å². The van der Waals surface area contributed by atoms with Gasteiger partial charge >= 0.3 is 0 Å². The van der Waals surface area contributed by atoms with E-state index in [1.165, 1.54) is 37.9 Å². The predicted octanol–water partition coefficient (Wildman–Crippen LogP) is 4.66. The lowest BCUT2D eigenvalue weighted by atomic mass is 9.94. The third-order valence-corrected chi connectivity index (χ3v) is 14.3. The summed E-state index contributed by atoms with van der Waals surface area (Å²) in [5.74, 6) is -6.72. The Balaban J connectivity index is 1.72. The molecule has 3 heterocycles. The SMILES string of the molecule is CO[C@H](c1ccccc1)C1NC(=O)[C@H](C)NC(=O)[C@H](CC(C)C)N(C)C(=O)[C@H]([C@H](O)c2cn(C(C)(C)[C@@H]3CO3)c3ccccc23)NC(=O)C([C@H](C)C=C(C)C)NC(=O)[C@H](CC(C)C)N(C)C(=O)[C@H](C(C)C)NC1=O. The number of epoxide rings is 1. The summed E-state index contributed by atoms with van der Waals surface area (Å²) in [5.41, 5.74) is 1.85. The molecule has 1 aromatic heterocycles. The smallest absolute Gasteiger partial charge is 0.248 e. The molecule has 2 fully saturated rings. The molecule has 3 aromatic rings. The average Bonchev–Trinajstić information content (AvgIpc) is 4.14. The van der Waals surface area contributed by atoms with Crippen LogP contribution in [0.4, 0.5) is 0 Å². The van der Waals surface area contributed by atoms with Crippen molar-refractivity contribution in [2.24, 2.45) is 23.7 Å². The second-order valence-electron chi connectivity index (χ2n) is 22.2. The number of ether oxygens (including phenoxy) is 2. The van der Waals surface area contributed by atoms with Gasteiger partial charge in [0.05, 0.1) is 12.1 Å². The van der Waals surface area contributed by atoms with Crippen LogP contribution in [0.1, 0.15) is 119 Å². The molecule has 0 spiro atoms. The van der Waals surface area contributed by atoms with Gasteiger partial charge < -0.3 is 55.5 Å². The molecule has 2 aromatic carbocycles. The molecule has 7 amide bonds. The molecular weight excluding hydrogens is 945 g/mol. The zero-order valence-corrected chi connectivity index (χ0v) is 46.0. The van der Waals surface area contributed by atoms with Gasteiger partial charge in [0.25, 0.3) is 0 Å². The Hall–Kier alpha value is -6.11. The molecular formula is C56H82N8O10. The van der Waals surface area contributed by atoms with Gasteiger partial charge in [-0.15, -0.1) is 0 Å². The maximum Gasteiger partial charge on any atom is 0.248 e. The van der Waals surface area contributed by atoms with E-state index < -0.39 is 113 Å². The number of para-hydroxylation sites is 1. The number of nitrogens with one attached hydrogen (secondary N) is 5. The van der Waals surface area contributed by atoms with Gasteiger partial charge in [-0.05, 0) is 76.8 Å². The second kappa shape index (κ2) is 24.9. The zero-order valence-electron chi connectivity index (χ0n) is 46.0. The summed E-state index contributed by atoms with van der Waals surface area (Å²) >= 11 is 0. The van der Waals surface area contributed by atoms with Gasteiger partial charge in [0.2, 0.25) is 41.4 Å². The zero-order chi connectivity index (χ0) is 55.1. The van der Waals surface area contributed by atoms with Crippen LogP contribution in [0.15, 0.2) is 72.4 Å². The lowest BCUT2D eigenvalue weighted by molar-refractivity contribution is -0.146. The number of aliphatic hydroxyl groups is 1. The summed E-state index contributed by atoms with van der Waals surface area (Å²) in [6.07, 6.45) is 0.906. The summed E-state index contributed by atoms with van der Waals surface area (Å²) in [6, 6.07) is 6.68. The number of carbonyl (C=O) groups excluding carboxylic acids is 7. The number of rotatable bonds is 14. The molecule has 2 unspecified atom stereocenters. The molecule has 2 saturated heterocycles. The van der Waals surface area contributed by atoms with E-state index in [1.54, 1.807) is 63.4 Å². The average molecular weight is 1030 g/mol. The van der Waals surface area contributed by atoms with Gasteiger partial charge in [-0.2, -0.15) is 0 Å². The number of aromatic nitrogens is 1.